The van der Waals surface area contributed by atoms with Gasteiger partial charge in [-0.3, -0.25) is 9.56 Å². The number of fused-ring (bicyclic) bond motifs is 3. The second-order valence-electron chi connectivity index (χ2n) is 27.3. The number of hydrogen-bond donors (Lipinski definition) is 0. The average molecular weight is 983 g/mol. The Kier molecular flexibility index (Phi) is 12.8. The second kappa shape index (κ2) is 18.1. The van der Waals surface area contributed by atoms with Crippen molar-refractivity contribution in [2.24, 2.45) is 4.99 Å². The van der Waals surface area contributed by atoms with Crippen molar-refractivity contribution in [2.75, 3.05) is 4.90 Å². The first kappa shape index (κ1) is 52.4. The molecule has 2 aromatic heterocycles. The van der Waals surface area contributed by atoms with Crippen LogP contribution in [-0.4, -0.2) is 26.5 Å². The van der Waals surface area contributed by atoms with Gasteiger partial charge in [-0.15, -0.1) is 0 Å². The molecule has 0 aliphatic carbocycles. The maximum Gasteiger partial charge on any atom is 0.145 e. The molecule has 0 spiro atoms. The van der Waals surface area contributed by atoms with E-state index in [4.69, 9.17) is 14.7 Å². The summed E-state index contributed by atoms with van der Waals surface area (Å²) in [6.07, 6.45) is 1.99. The van der Waals surface area contributed by atoms with E-state index < -0.39 is 11.1 Å². The van der Waals surface area contributed by atoms with Gasteiger partial charge >= 0.3 is 0 Å². The van der Waals surface area contributed by atoms with Gasteiger partial charge < -0.3 is 9.64 Å². The first-order valence-electron chi connectivity index (χ1n) is 26.9. The molecular formula is C69H82N4O. The summed E-state index contributed by atoms with van der Waals surface area (Å²) in [5.41, 5.74) is 13.3. The lowest BCUT2D eigenvalue weighted by Gasteiger charge is -2.50. The quantitative estimate of drug-likeness (QED) is 0.152. The van der Waals surface area contributed by atoms with E-state index in [2.05, 4.69) is 281 Å². The van der Waals surface area contributed by atoms with Gasteiger partial charge in [0.25, 0.3) is 0 Å². The summed E-state index contributed by atoms with van der Waals surface area (Å²) in [6.45, 7) is 43.8. The van der Waals surface area contributed by atoms with Gasteiger partial charge in [0.2, 0.25) is 0 Å². The van der Waals surface area contributed by atoms with Gasteiger partial charge in [-0.25, -0.2) is 4.98 Å². The fourth-order valence-corrected chi connectivity index (χ4v) is 11.0. The van der Waals surface area contributed by atoms with E-state index in [1.54, 1.807) is 0 Å². The molecule has 5 nitrogen and oxygen atoms in total. The van der Waals surface area contributed by atoms with Crippen LogP contribution in [0.3, 0.4) is 0 Å². The number of anilines is 1. The number of pyridine rings is 1. The number of amidine groups is 1. The minimum absolute atomic E-state index is 0.000267. The van der Waals surface area contributed by atoms with Crippen LogP contribution >= 0.6 is 0 Å². The summed E-state index contributed by atoms with van der Waals surface area (Å²) in [7, 11) is 0. The summed E-state index contributed by atoms with van der Waals surface area (Å²) in [6, 6.07) is 52.3. The highest BCUT2D eigenvalue weighted by Crippen LogP contribution is 2.54. The van der Waals surface area contributed by atoms with Crippen molar-refractivity contribution in [3.63, 3.8) is 0 Å². The summed E-state index contributed by atoms with van der Waals surface area (Å²) < 4.78 is 9.68. The van der Waals surface area contributed by atoms with Gasteiger partial charge in [0.15, 0.2) is 0 Å². The molecule has 74 heavy (non-hydrogen) atoms. The first-order valence-corrected chi connectivity index (χ1v) is 26.9. The van der Waals surface area contributed by atoms with Gasteiger partial charge in [0, 0.05) is 40.2 Å². The third-order valence-electron chi connectivity index (χ3n) is 15.9. The van der Waals surface area contributed by atoms with Crippen molar-refractivity contribution in [1.82, 2.24) is 9.55 Å². The van der Waals surface area contributed by atoms with E-state index in [9.17, 15) is 0 Å². The molecule has 1 aliphatic heterocycles. The number of hydrogen-bond acceptors (Lipinski definition) is 4. The van der Waals surface area contributed by atoms with Crippen molar-refractivity contribution in [2.45, 2.75) is 176 Å². The first-order chi connectivity index (χ1) is 34.3. The Morgan fingerprint density at radius 3 is 1.49 bits per heavy atom. The van der Waals surface area contributed by atoms with Gasteiger partial charge in [0.05, 0.1) is 22.3 Å². The number of nitrogens with zero attached hydrogens (tertiary/aromatic N) is 4. The minimum Gasteiger partial charge on any atom is -0.457 e. The van der Waals surface area contributed by atoms with E-state index >= 15 is 0 Å². The smallest absolute Gasteiger partial charge is 0.145 e. The normalized spacial score (nSPS) is 16.6. The highest BCUT2D eigenvalue weighted by atomic mass is 16.5. The van der Waals surface area contributed by atoms with Crippen molar-refractivity contribution >= 4 is 33.5 Å². The Hall–Kier alpha value is -6.46. The van der Waals surface area contributed by atoms with Crippen LogP contribution in [0.1, 0.15) is 181 Å². The molecule has 1 aliphatic rings. The standard InChI is InChI=1S/C69H82N4O/c1-44-32-58-57-41-48(63(2,3)4)30-31-59(57)72(62(58)70-43-44)53-36-52(67(14,15)16)40-56(42-53)74-55-34-47(33-49(39-55)64(5,6)7)61-71-68(17,18)69(19,60(45-26-22-20-23-27-45)46-28-24-21-25-29-46)73(61)54-37-50(65(8,9)10)35-51(38-54)66(11,12)13/h20-43,60H,1-19H3/t69-/m0/s1. The summed E-state index contributed by atoms with van der Waals surface area (Å²) in [5, 5.41) is 2.36. The summed E-state index contributed by atoms with van der Waals surface area (Å²) in [5.74, 6) is 2.42. The Labute approximate surface area is 444 Å². The predicted molar refractivity (Wildman–Crippen MR) is 316 cm³/mol. The largest absolute Gasteiger partial charge is 0.457 e. The predicted octanol–water partition coefficient (Wildman–Crippen LogP) is 18.4. The molecule has 0 fully saturated rings. The van der Waals surface area contributed by atoms with Gasteiger partial charge in [0.1, 0.15) is 23.0 Å². The maximum absolute atomic E-state index is 7.35. The molecule has 1 atom stereocenters. The zero-order valence-corrected chi connectivity index (χ0v) is 48.1. The van der Waals surface area contributed by atoms with E-state index in [1.165, 1.54) is 44.3 Å². The SMILES string of the molecule is Cc1cnc2c(c1)c1cc(C(C)(C)C)ccc1n2-c1cc(Oc2cc(C3=NC(C)(C)[C@](C)(C(c4ccccc4)c4ccccc4)N3c3cc(C(C)(C)C)cc(C(C)(C)C)c3)cc(C(C)(C)C)c2)cc(C(C)(C)C)c1. The van der Waals surface area contributed by atoms with Crippen molar-refractivity contribution in [3.8, 4) is 17.2 Å². The number of aryl methyl sites for hydroxylation is 1. The van der Waals surface area contributed by atoms with Crippen LogP contribution in [0.25, 0.3) is 27.6 Å². The lowest BCUT2D eigenvalue weighted by atomic mass is 9.66. The van der Waals surface area contributed by atoms with E-state index in [-0.39, 0.29) is 33.0 Å². The molecule has 0 saturated heterocycles. The zero-order valence-electron chi connectivity index (χ0n) is 48.1. The Morgan fingerprint density at radius 1 is 0.473 bits per heavy atom. The average Bonchev–Trinajstić information content (AvgIpc) is 3.74. The number of benzene rings is 6. The third-order valence-corrected chi connectivity index (χ3v) is 15.9. The number of aliphatic imine (C=N–C) groups is 1. The van der Waals surface area contributed by atoms with Crippen LogP contribution in [0.4, 0.5) is 5.69 Å². The van der Waals surface area contributed by atoms with E-state index in [0.717, 1.165) is 56.4 Å². The summed E-state index contributed by atoms with van der Waals surface area (Å²) in [4.78, 5) is 13.7. The molecule has 0 unspecified atom stereocenters. The van der Waals surface area contributed by atoms with Crippen LogP contribution in [0.15, 0.2) is 151 Å². The summed E-state index contributed by atoms with van der Waals surface area (Å²) >= 11 is 0. The van der Waals surface area contributed by atoms with Crippen LogP contribution in [0.2, 0.25) is 0 Å². The lowest BCUT2D eigenvalue weighted by Crippen LogP contribution is -2.60. The Morgan fingerprint density at radius 2 is 0.959 bits per heavy atom. The highest BCUT2D eigenvalue weighted by Gasteiger charge is 2.58. The van der Waals surface area contributed by atoms with Crippen molar-refractivity contribution in [1.29, 1.82) is 0 Å². The molecule has 5 heteroatoms. The third kappa shape index (κ3) is 9.73. The molecule has 0 saturated carbocycles. The lowest BCUT2D eigenvalue weighted by molar-refractivity contribution is 0.279. The second-order valence-corrected chi connectivity index (χ2v) is 27.3. The highest BCUT2D eigenvalue weighted by molar-refractivity contribution is 6.14. The molecule has 0 radical (unpaired) electrons. The fraction of sp³-hybridized carbons (Fsp3) is 0.391. The van der Waals surface area contributed by atoms with E-state index in [0.29, 0.717) is 0 Å². The minimum atomic E-state index is -0.603. The molecule has 3 heterocycles. The number of ether oxygens (including phenoxy) is 1. The van der Waals surface area contributed by atoms with Gasteiger partial charge in [-0.1, -0.05) is 177 Å². The Bertz CT molecular complexity index is 3360. The van der Waals surface area contributed by atoms with Gasteiger partial charge in [-0.2, -0.15) is 0 Å². The molecule has 0 amide bonds. The molecule has 6 aromatic carbocycles. The zero-order chi connectivity index (χ0) is 53.7. The number of aromatic nitrogens is 2. The maximum atomic E-state index is 7.35. The monoisotopic (exact) mass is 983 g/mol. The van der Waals surface area contributed by atoms with Gasteiger partial charge in [-0.05, 0) is 160 Å². The van der Waals surface area contributed by atoms with Crippen LogP contribution in [0.5, 0.6) is 11.5 Å². The van der Waals surface area contributed by atoms with Crippen molar-refractivity contribution in [3.05, 3.63) is 196 Å². The van der Waals surface area contributed by atoms with E-state index in [1.807, 2.05) is 6.20 Å². The fourth-order valence-electron chi connectivity index (χ4n) is 11.0. The van der Waals surface area contributed by atoms with Crippen LogP contribution in [-0.2, 0) is 27.1 Å². The molecule has 0 bridgehead atoms. The topological polar surface area (TPSA) is 42.6 Å². The van der Waals surface area contributed by atoms with Crippen molar-refractivity contribution < 1.29 is 4.74 Å². The molecule has 0 N–H and O–H groups in total. The molecule has 384 valence electrons. The van der Waals surface area contributed by atoms with Crippen LogP contribution in [0, 0.1) is 6.92 Å². The molecule has 8 aromatic rings. The molecular weight excluding hydrogens is 901 g/mol. The Balaban J connectivity index is 1.28. The molecule has 9 rings (SSSR count). The number of rotatable bonds is 8. The van der Waals surface area contributed by atoms with Crippen LogP contribution < -0.4 is 9.64 Å².